The molecule has 1 N–H and O–H groups in total. The van der Waals surface area contributed by atoms with Crippen LogP contribution in [0.3, 0.4) is 0 Å². The van der Waals surface area contributed by atoms with Crippen molar-refractivity contribution in [2.75, 3.05) is 19.6 Å². The number of hydrogen-bond donors (Lipinski definition) is 1. The predicted molar refractivity (Wildman–Crippen MR) is 80.6 cm³/mol. The van der Waals surface area contributed by atoms with Crippen molar-refractivity contribution in [2.24, 2.45) is 5.41 Å². The predicted octanol–water partition coefficient (Wildman–Crippen LogP) is 3.41. The summed E-state index contributed by atoms with van der Waals surface area (Å²) in [5, 5.41) is 3.44. The molecule has 1 unspecified atom stereocenters. The Morgan fingerprint density at radius 1 is 1.42 bits per heavy atom. The third-order valence-electron chi connectivity index (χ3n) is 3.74. The molecule has 0 saturated carbocycles. The maximum atomic E-state index is 14.0. The van der Waals surface area contributed by atoms with Gasteiger partial charge in [-0.2, -0.15) is 0 Å². The van der Waals surface area contributed by atoms with E-state index in [1.807, 2.05) is 12.1 Å². The Balaban J connectivity index is 2.15. The van der Waals surface area contributed by atoms with Crippen LogP contribution in [-0.2, 0) is 6.54 Å². The molecule has 1 aromatic rings. The van der Waals surface area contributed by atoms with Crippen molar-refractivity contribution < 1.29 is 4.39 Å². The summed E-state index contributed by atoms with van der Waals surface area (Å²) < 4.78 is 14.7. The molecule has 19 heavy (non-hydrogen) atoms. The third-order valence-corrected chi connectivity index (χ3v) is 4.24. The van der Waals surface area contributed by atoms with Crippen LogP contribution in [0.2, 0.25) is 0 Å². The van der Waals surface area contributed by atoms with Crippen molar-refractivity contribution in [3.05, 3.63) is 34.1 Å². The van der Waals surface area contributed by atoms with E-state index < -0.39 is 0 Å². The minimum Gasteiger partial charge on any atom is -0.314 e. The van der Waals surface area contributed by atoms with Gasteiger partial charge in [-0.05, 0) is 17.5 Å². The summed E-state index contributed by atoms with van der Waals surface area (Å²) in [6.45, 7) is 10.3. The van der Waals surface area contributed by atoms with E-state index in [-0.39, 0.29) is 11.2 Å². The first-order valence-corrected chi connectivity index (χ1v) is 7.56. The molecule has 1 aliphatic rings. The zero-order valence-corrected chi connectivity index (χ0v) is 13.4. The van der Waals surface area contributed by atoms with Crippen LogP contribution >= 0.6 is 15.9 Å². The average molecular weight is 329 g/mol. The summed E-state index contributed by atoms with van der Waals surface area (Å²) in [6.07, 6.45) is 0. The van der Waals surface area contributed by atoms with Crippen LogP contribution in [0.5, 0.6) is 0 Å². The minimum absolute atomic E-state index is 0.124. The van der Waals surface area contributed by atoms with Crippen LogP contribution in [0.15, 0.2) is 22.7 Å². The number of halogens is 2. The lowest BCUT2D eigenvalue weighted by molar-refractivity contribution is 0.0680. The van der Waals surface area contributed by atoms with E-state index in [4.69, 9.17) is 0 Å². The van der Waals surface area contributed by atoms with E-state index in [9.17, 15) is 4.39 Å². The molecule has 1 atom stereocenters. The van der Waals surface area contributed by atoms with Crippen LogP contribution in [-0.4, -0.2) is 30.6 Å². The second-order valence-electron chi connectivity index (χ2n) is 6.29. The number of piperazine rings is 1. The van der Waals surface area contributed by atoms with E-state index in [1.54, 1.807) is 6.07 Å². The Hall–Kier alpha value is -0.450. The highest BCUT2D eigenvalue weighted by molar-refractivity contribution is 9.10. The summed E-state index contributed by atoms with van der Waals surface area (Å²) in [7, 11) is 0. The van der Waals surface area contributed by atoms with Gasteiger partial charge in [0.2, 0.25) is 0 Å². The Labute approximate surface area is 123 Å². The summed E-state index contributed by atoms with van der Waals surface area (Å²) in [5.41, 5.74) is 0.971. The molecular weight excluding hydrogens is 307 g/mol. The summed E-state index contributed by atoms with van der Waals surface area (Å²) >= 11 is 3.30. The van der Waals surface area contributed by atoms with Crippen molar-refractivity contribution in [1.29, 1.82) is 0 Å². The lowest BCUT2D eigenvalue weighted by Crippen LogP contribution is -2.56. The van der Waals surface area contributed by atoms with E-state index in [0.29, 0.717) is 12.6 Å². The van der Waals surface area contributed by atoms with E-state index in [2.05, 4.69) is 46.9 Å². The quantitative estimate of drug-likeness (QED) is 0.895. The first-order valence-electron chi connectivity index (χ1n) is 6.76. The van der Waals surface area contributed by atoms with Gasteiger partial charge in [0.05, 0.1) is 0 Å². The van der Waals surface area contributed by atoms with Gasteiger partial charge in [0.1, 0.15) is 5.82 Å². The first-order chi connectivity index (χ1) is 8.88. The van der Waals surface area contributed by atoms with Gasteiger partial charge < -0.3 is 5.32 Å². The zero-order chi connectivity index (χ0) is 14.0. The van der Waals surface area contributed by atoms with E-state index >= 15 is 0 Å². The fraction of sp³-hybridized carbons (Fsp3) is 0.600. The summed E-state index contributed by atoms with van der Waals surface area (Å²) in [4.78, 5) is 2.39. The van der Waals surface area contributed by atoms with Crippen molar-refractivity contribution in [3.63, 3.8) is 0 Å². The fourth-order valence-corrected chi connectivity index (χ4v) is 2.99. The monoisotopic (exact) mass is 328 g/mol. The highest BCUT2D eigenvalue weighted by Gasteiger charge is 2.32. The molecule has 0 spiro atoms. The van der Waals surface area contributed by atoms with Gasteiger partial charge in [0.15, 0.2) is 0 Å². The highest BCUT2D eigenvalue weighted by Crippen LogP contribution is 2.27. The molecule has 2 rings (SSSR count). The second-order valence-corrected chi connectivity index (χ2v) is 7.21. The molecular formula is C15H22BrFN2. The molecule has 4 heteroatoms. The Morgan fingerprint density at radius 3 is 2.79 bits per heavy atom. The van der Waals surface area contributed by atoms with Crippen LogP contribution in [0.4, 0.5) is 4.39 Å². The maximum Gasteiger partial charge on any atom is 0.128 e. The molecule has 0 bridgehead atoms. The molecule has 1 fully saturated rings. The molecule has 1 aromatic carbocycles. The van der Waals surface area contributed by atoms with Gasteiger partial charge >= 0.3 is 0 Å². The summed E-state index contributed by atoms with van der Waals surface area (Å²) in [5.74, 6) is -0.124. The van der Waals surface area contributed by atoms with Gasteiger partial charge in [-0.1, -0.05) is 42.8 Å². The topological polar surface area (TPSA) is 15.3 Å². The van der Waals surface area contributed by atoms with Gasteiger partial charge in [-0.15, -0.1) is 0 Å². The van der Waals surface area contributed by atoms with Crippen molar-refractivity contribution in [2.45, 2.75) is 33.4 Å². The van der Waals surface area contributed by atoms with Gasteiger partial charge in [0.25, 0.3) is 0 Å². The standard InChI is InChI=1S/C15H22BrFN2/c1-15(2,3)14-9-18-6-7-19(14)10-11-4-5-12(16)8-13(11)17/h4-5,8,14,18H,6-7,9-10H2,1-3H3. The molecule has 0 aromatic heterocycles. The molecule has 0 aliphatic carbocycles. The van der Waals surface area contributed by atoms with Gasteiger partial charge in [0, 0.05) is 42.3 Å². The Morgan fingerprint density at radius 2 is 2.16 bits per heavy atom. The molecule has 0 radical (unpaired) electrons. The smallest absolute Gasteiger partial charge is 0.128 e. The average Bonchev–Trinajstić information content (AvgIpc) is 2.32. The van der Waals surface area contributed by atoms with Gasteiger partial charge in [-0.3, -0.25) is 4.90 Å². The Bertz CT molecular complexity index is 442. The second kappa shape index (κ2) is 5.90. The normalized spacial score (nSPS) is 21.6. The number of rotatable bonds is 2. The molecule has 2 nitrogen and oxygen atoms in total. The van der Waals surface area contributed by atoms with Crippen LogP contribution in [0.1, 0.15) is 26.3 Å². The molecule has 0 amide bonds. The van der Waals surface area contributed by atoms with E-state index in [1.165, 1.54) is 0 Å². The lowest BCUT2D eigenvalue weighted by Gasteiger charge is -2.43. The third kappa shape index (κ3) is 3.77. The highest BCUT2D eigenvalue weighted by atomic mass is 79.9. The number of hydrogen-bond acceptors (Lipinski definition) is 2. The van der Waals surface area contributed by atoms with Crippen LogP contribution in [0.25, 0.3) is 0 Å². The number of benzene rings is 1. The van der Waals surface area contributed by atoms with Gasteiger partial charge in [-0.25, -0.2) is 4.39 Å². The SMILES string of the molecule is CC(C)(C)C1CNCCN1Cc1ccc(Br)cc1F. The molecule has 1 saturated heterocycles. The lowest BCUT2D eigenvalue weighted by atomic mass is 9.84. The fourth-order valence-electron chi connectivity index (χ4n) is 2.66. The molecule has 1 aliphatic heterocycles. The van der Waals surface area contributed by atoms with E-state index in [0.717, 1.165) is 29.7 Å². The number of nitrogens with zero attached hydrogens (tertiary/aromatic N) is 1. The number of nitrogens with one attached hydrogen (secondary N) is 1. The van der Waals surface area contributed by atoms with Crippen molar-refractivity contribution in [1.82, 2.24) is 10.2 Å². The summed E-state index contributed by atoms with van der Waals surface area (Å²) in [6, 6.07) is 5.77. The van der Waals surface area contributed by atoms with Crippen LogP contribution < -0.4 is 5.32 Å². The van der Waals surface area contributed by atoms with Crippen molar-refractivity contribution >= 4 is 15.9 Å². The first kappa shape index (κ1) is 14.9. The van der Waals surface area contributed by atoms with Crippen molar-refractivity contribution in [3.8, 4) is 0 Å². The largest absolute Gasteiger partial charge is 0.314 e. The molecule has 106 valence electrons. The zero-order valence-electron chi connectivity index (χ0n) is 11.8. The maximum absolute atomic E-state index is 14.0. The van der Waals surface area contributed by atoms with Crippen LogP contribution in [0, 0.1) is 11.2 Å². The Kier molecular flexibility index (Phi) is 4.64. The molecule has 1 heterocycles. The minimum atomic E-state index is -0.124.